The molecule has 5 nitrogen and oxygen atoms in total. The maximum atomic E-state index is 12.1. The van der Waals surface area contributed by atoms with Gasteiger partial charge in [0.05, 0.1) is 6.10 Å². The van der Waals surface area contributed by atoms with Crippen LogP contribution in [0.4, 0.5) is 0 Å². The fourth-order valence-corrected chi connectivity index (χ4v) is 2.17. The Morgan fingerprint density at radius 3 is 2.67 bits per heavy atom. The van der Waals surface area contributed by atoms with Gasteiger partial charge in [0.2, 0.25) is 5.91 Å². The lowest BCUT2D eigenvalue weighted by atomic mass is 10.1. The van der Waals surface area contributed by atoms with Crippen LogP contribution in [0.15, 0.2) is 42.7 Å². The van der Waals surface area contributed by atoms with E-state index in [0.29, 0.717) is 12.8 Å². The van der Waals surface area contributed by atoms with E-state index in [-0.39, 0.29) is 11.9 Å². The van der Waals surface area contributed by atoms with Crippen LogP contribution in [0, 0.1) is 0 Å². The van der Waals surface area contributed by atoms with Crippen LogP contribution < -0.4 is 5.32 Å². The van der Waals surface area contributed by atoms with Crippen molar-refractivity contribution in [3.63, 3.8) is 0 Å². The highest BCUT2D eigenvalue weighted by Gasteiger charge is 2.20. The van der Waals surface area contributed by atoms with Crippen LogP contribution in [0.2, 0.25) is 0 Å². The van der Waals surface area contributed by atoms with Crippen LogP contribution in [0.25, 0.3) is 0 Å². The first-order valence-electron chi connectivity index (χ1n) is 7.07. The van der Waals surface area contributed by atoms with Crippen molar-refractivity contribution >= 4 is 5.91 Å². The third-order valence-electron chi connectivity index (χ3n) is 3.34. The summed E-state index contributed by atoms with van der Waals surface area (Å²) in [5, 5.41) is 12.3. The average molecular weight is 287 g/mol. The molecule has 5 heteroatoms. The number of nitrogens with zero attached hydrogens (tertiary/aromatic N) is 2. The minimum absolute atomic E-state index is 0.0900. The maximum Gasteiger partial charge on any atom is 0.220 e. The Kier molecular flexibility index (Phi) is 5.11. The number of imidazole rings is 1. The zero-order chi connectivity index (χ0) is 15.2. The normalized spacial score (nSPS) is 13.7. The molecule has 0 aliphatic heterocycles. The third-order valence-corrected chi connectivity index (χ3v) is 3.34. The lowest BCUT2D eigenvalue weighted by Gasteiger charge is -2.19. The molecular formula is C16H21N3O2. The zero-order valence-electron chi connectivity index (χ0n) is 12.4. The van der Waals surface area contributed by atoms with Crippen LogP contribution >= 0.6 is 0 Å². The summed E-state index contributed by atoms with van der Waals surface area (Å²) in [6.07, 6.45) is 3.85. The van der Waals surface area contributed by atoms with Crippen LogP contribution in [0.3, 0.4) is 0 Å². The first-order chi connectivity index (χ1) is 10.1. The number of aromatic nitrogens is 2. The molecule has 1 amide bonds. The van der Waals surface area contributed by atoms with Crippen molar-refractivity contribution < 1.29 is 9.90 Å². The van der Waals surface area contributed by atoms with Crippen LogP contribution in [-0.4, -0.2) is 26.7 Å². The molecule has 2 atom stereocenters. The van der Waals surface area contributed by atoms with Gasteiger partial charge >= 0.3 is 0 Å². The van der Waals surface area contributed by atoms with Crippen molar-refractivity contribution in [1.29, 1.82) is 0 Å². The Bertz CT molecular complexity index is 578. The number of aliphatic hydroxyl groups is 1. The van der Waals surface area contributed by atoms with Crippen LogP contribution in [0.5, 0.6) is 0 Å². The number of carbonyl (C=O) groups is 1. The van der Waals surface area contributed by atoms with E-state index in [1.807, 2.05) is 48.1 Å². The fraction of sp³-hybridized carbons (Fsp3) is 0.375. The summed E-state index contributed by atoms with van der Waals surface area (Å²) in [7, 11) is 1.90. The molecule has 1 aromatic heterocycles. The van der Waals surface area contributed by atoms with E-state index in [4.69, 9.17) is 0 Å². The highest BCUT2D eigenvalue weighted by Crippen LogP contribution is 2.20. The fourth-order valence-electron chi connectivity index (χ4n) is 2.17. The summed E-state index contributed by atoms with van der Waals surface area (Å²) in [6, 6.07) is 9.46. The molecule has 0 bridgehead atoms. The Morgan fingerprint density at radius 2 is 2.10 bits per heavy atom. The Balaban J connectivity index is 2.18. The summed E-state index contributed by atoms with van der Waals surface area (Å²) in [6.45, 7) is 1.68. The molecule has 112 valence electrons. The molecule has 2 aromatic rings. The van der Waals surface area contributed by atoms with Gasteiger partial charge in [0.1, 0.15) is 11.9 Å². The Morgan fingerprint density at radius 1 is 1.38 bits per heavy atom. The Hall–Kier alpha value is -2.14. The second-order valence-corrected chi connectivity index (χ2v) is 5.20. The molecule has 0 aliphatic carbocycles. The summed E-state index contributed by atoms with van der Waals surface area (Å²) in [5.74, 6) is 0.694. The second kappa shape index (κ2) is 7.04. The molecule has 0 aliphatic rings. The highest BCUT2D eigenvalue weighted by atomic mass is 16.3. The van der Waals surface area contributed by atoms with Gasteiger partial charge in [0, 0.05) is 25.9 Å². The van der Waals surface area contributed by atoms with Gasteiger partial charge in [-0.3, -0.25) is 4.79 Å². The smallest absolute Gasteiger partial charge is 0.220 e. The number of aliphatic hydroxyl groups excluding tert-OH is 1. The standard InChI is InChI=1S/C16H21N3O2/c1-12(20)8-9-14(21)18-15(13-6-4-3-5-7-13)16-17-10-11-19(16)2/h3-7,10-12,15,20H,8-9H2,1-2H3,(H,18,21). The van der Waals surface area contributed by atoms with Crippen molar-refractivity contribution in [2.75, 3.05) is 0 Å². The van der Waals surface area contributed by atoms with Crippen LogP contribution in [-0.2, 0) is 11.8 Å². The molecule has 2 rings (SSSR count). The molecule has 1 aromatic carbocycles. The van der Waals surface area contributed by atoms with Gasteiger partial charge in [-0.1, -0.05) is 30.3 Å². The van der Waals surface area contributed by atoms with Gasteiger partial charge in [-0.05, 0) is 18.9 Å². The summed E-state index contributed by atoms with van der Waals surface area (Å²) in [5.41, 5.74) is 0.984. The highest BCUT2D eigenvalue weighted by molar-refractivity contribution is 5.76. The quantitative estimate of drug-likeness (QED) is 0.851. The van der Waals surface area contributed by atoms with E-state index in [1.165, 1.54) is 0 Å². The molecule has 0 saturated carbocycles. The van der Waals surface area contributed by atoms with Crippen molar-refractivity contribution in [2.24, 2.45) is 7.05 Å². The van der Waals surface area contributed by atoms with Gasteiger partial charge in [-0.2, -0.15) is 0 Å². The number of rotatable bonds is 6. The molecule has 21 heavy (non-hydrogen) atoms. The van der Waals surface area contributed by atoms with Crippen LogP contribution in [0.1, 0.15) is 37.2 Å². The largest absolute Gasteiger partial charge is 0.393 e. The van der Waals surface area contributed by atoms with E-state index in [9.17, 15) is 9.90 Å². The molecule has 2 unspecified atom stereocenters. The molecule has 0 spiro atoms. The Labute approximate surface area is 124 Å². The average Bonchev–Trinajstić information content (AvgIpc) is 2.89. The lowest BCUT2D eigenvalue weighted by molar-refractivity contribution is -0.122. The van der Waals surface area contributed by atoms with Gasteiger partial charge in [-0.15, -0.1) is 0 Å². The third kappa shape index (κ3) is 4.16. The van der Waals surface area contributed by atoms with Crippen molar-refractivity contribution in [3.8, 4) is 0 Å². The van der Waals surface area contributed by atoms with Crippen molar-refractivity contribution in [3.05, 3.63) is 54.1 Å². The molecule has 1 heterocycles. The van der Waals surface area contributed by atoms with E-state index >= 15 is 0 Å². The van der Waals surface area contributed by atoms with Gasteiger partial charge < -0.3 is 15.0 Å². The number of hydrogen-bond acceptors (Lipinski definition) is 3. The lowest BCUT2D eigenvalue weighted by Crippen LogP contribution is -2.31. The van der Waals surface area contributed by atoms with Gasteiger partial charge in [0.15, 0.2) is 0 Å². The first-order valence-corrected chi connectivity index (χ1v) is 7.07. The van der Waals surface area contributed by atoms with Gasteiger partial charge in [0.25, 0.3) is 0 Å². The number of aryl methyl sites for hydroxylation is 1. The van der Waals surface area contributed by atoms with E-state index in [0.717, 1.165) is 11.4 Å². The summed E-state index contributed by atoms with van der Waals surface area (Å²) in [4.78, 5) is 16.4. The molecule has 0 radical (unpaired) electrons. The number of nitrogens with one attached hydrogen (secondary N) is 1. The van der Waals surface area contributed by atoms with E-state index in [1.54, 1.807) is 13.1 Å². The predicted octanol–water partition coefficient (Wildman–Crippen LogP) is 1.79. The molecule has 0 fully saturated rings. The van der Waals surface area contributed by atoms with Crippen molar-refractivity contribution in [2.45, 2.75) is 31.9 Å². The predicted molar refractivity (Wildman–Crippen MR) is 80.6 cm³/mol. The molecular weight excluding hydrogens is 266 g/mol. The zero-order valence-corrected chi connectivity index (χ0v) is 12.4. The van der Waals surface area contributed by atoms with Crippen molar-refractivity contribution in [1.82, 2.24) is 14.9 Å². The number of carbonyl (C=O) groups excluding carboxylic acids is 1. The number of amides is 1. The molecule has 2 N–H and O–H groups in total. The molecule has 0 saturated heterocycles. The minimum atomic E-state index is -0.473. The van der Waals surface area contributed by atoms with Gasteiger partial charge in [-0.25, -0.2) is 4.98 Å². The number of hydrogen-bond donors (Lipinski definition) is 2. The topological polar surface area (TPSA) is 67.2 Å². The summed E-state index contributed by atoms with van der Waals surface area (Å²) < 4.78 is 1.90. The van der Waals surface area contributed by atoms with E-state index in [2.05, 4.69) is 10.3 Å². The SMILES string of the molecule is CC(O)CCC(=O)NC(c1ccccc1)c1nccn1C. The number of benzene rings is 1. The maximum absolute atomic E-state index is 12.1. The summed E-state index contributed by atoms with van der Waals surface area (Å²) >= 11 is 0. The monoisotopic (exact) mass is 287 g/mol. The minimum Gasteiger partial charge on any atom is -0.393 e. The first kappa shape index (κ1) is 15.3. The van der Waals surface area contributed by atoms with E-state index < -0.39 is 6.10 Å². The second-order valence-electron chi connectivity index (χ2n) is 5.20.